The molecule has 0 aliphatic heterocycles. The molecule has 0 aromatic heterocycles. The van der Waals surface area contributed by atoms with E-state index in [0.29, 0.717) is 0 Å². The van der Waals surface area contributed by atoms with E-state index < -0.39 is 0 Å². The van der Waals surface area contributed by atoms with Gasteiger partial charge < -0.3 is 0 Å². The van der Waals surface area contributed by atoms with Gasteiger partial charge in [0.25, 0.3) is 0 Å². The van der Waals surface area contributed by atoms with Gasteiger partial charge >= 0.3 is 0 Å². The second-order valence-corrected chi connectivity index (χ2v) is 4.60. The molecule has 2 aromatic rings. The summed E-state index contributed by atoms with van der Waals surface area (Å²) in [4.78, 5) is 0. The van der Waals surface area contributed by atoms with Crippen LogP contribution in [0, 0.1) is 0 Å². The van der Waals surface area contributed by atoms with Crippen molar-refractivity contribution < 1.29 is 0 Å². The summed E-state index contributed by atoms with van der Waals surface area (Å²) in [6.07, 6.45) is 1.06. The van der Waals surface area contributed by atoms with Crippen molar-refractivity contribution in [2.24, 2.45) is 0 Å². The molecule has 16 heavy (non-hydrogen) atoms. The molecular formula is C15H15Si. The van der Waals surface area contributed by atoms with Crippen LogP contribution in [-0.2, 0) is 6.42 Å². The van der Waals surface area contributed by atoms with Crippen molar-refractivity contribution in [3.05, 3.63) is 54.1 Å². The Bertz CT molecular complexity index is 526. The first-order chi connectivity index (χ1) is 7.74. The largest absolute Gasteiger partial charge is 0.0955 e. The molecular weight excluding hydrogens is 208 g/mol. The van der Waals surface area contributed by atoms with Gasteiger partial charge in [-0.05, 0) is 35.2 Å². The average Bonchev–Trinajstić information content (AvgIpc) is 2.29. The third-order valence-corrected chi connectivity index (χ3v) is 3.12. The maximum absolute atomic E-state index is 4.04. The van der Waals surface area contributed by atoms with Gasteiger partial charge in [-0.1, -0.05) is 54.6 Å². The Morgan fingerprint density at radius 1 is 1.12 bits per heavy atom. The highest BCUT2D eigenvalue weighted by molar-refractivity contribution is 6.08. The van der Waals surface area contributed by atoms with Crippen LogP contribution in [0.4, 0.5) is 0 Å². The van der Waals surface area contributed by atoms with Crippen LogP contribution in [0.2, 0.25) is 6.04 Å². The predicted molar refractivity (Wildman–Crippen MR) is 72.9 cm³/mol. The van der Waals surface area contributed by atoms with Crippen molar-refractivity contribution in [1.29, 1.82) is 0 Å². The fourth-order valence-corrected chi connectivity index (χ4v) is 2.36. The smallest absolute Gasteiger partial charge is 0.0225 e. The van der Waals surface area contributed by atoms with Crippen LogP contribution in [0.25, 0.3) is 16.3 Å². The molecule has 3 radical (unpaired) electrons. The summed E-state index contributed by atoms with van der Waals surface area (Å²) in [6, 6.07) is 14.0. The summed E-state index contributed by atoms with van der Waals surface area (Å²) in [6.45, 7) is 6.10. The van der Waals surface area contributed by atoms with Crippen LogP contribution < -0.4 is 0 Å². The lowest BCUT2D eigenvalue weighted by Gasteiger charge is -2.10. The third-order valence-electron chi connectivity index (χ3n) is 2.87. The van der Waals surface area contributed by atoms with Crippen LogP contribution in [-0.4, -0.2) is 10.2 Å². The van der Waals surface area contributed by atoms with Gasteiger partial charge in [0.1, 0.15) is 0 Å². The molecule has 0 aliphatic rings. The maximum Gasteiger partial charge on any atom is 0.0225 e. The highest BCUT2D eigenvalue weighted by Crippen LogP contribution is 2.27. The molecule has 1 heteroatoms. The minimum absolute atomic E-state index is 0.996. The summed E-state index contributed by atoms with van der Waals surface area (Å²) in [5.74, 6) is 0. The molecule has 0 amide bonds. The van der Waals surface area contributed by atoms with Crippen LogP contribution in [0.15, 0.2) is 43.0 Å². The molecule has 0 saturated heterocycles. The quantitative estimate of drug-likeness (QED) is 0.690. The second kappa shape index (κ2) is 4.66. The van der Waals surface area contributed by atoms with Gasteiger partial charge in [-0.2, -0.15) is 0 Å². The molecule has 0 atom stereocenters. The Morgan fingerprint density at radius 3 is 2.44 bits per heavy atom. The lowest BCUT2D eigenvalue weighted by molar-refractivity contribution is 1.15. The fourth-order valence-electron chi connectivity index (χ4n) is 2.09. The van der Waals surface area contributed by atoms with Gasteiger partial charge in [0, 0.05) is 10.2 Å². The Kier molecular flexibility index (Phi) is 3.25. The number of hydrogen-bond donors (Lipinski definition) is 0. The summed E-state index contributed by atoms with van der Waals surface area (Å²) in [5, 5.41) is 2.66. The summed E-state index contributed by atoms with van der Waals surface area (Å²) in [7, 11) is 3.55. The number of allylic oxidation sites excluding steroid dienone is 1. The topological polar surface area (TPSA) is 0 Å². The third kappa shape index (κ3) is 1.96. The van der Waals surface area contributed by atoms with Crippen molar-refractivity contribution in [3.63, 3.8) is 0 Å². The summed E-state index contributed by atoms with van der Waals surface area (Å²) >= 11 is 0. The Hall–Kier alpha value is -1.34. The van der Waals surface area contributed by atoms with Gasteiger partial charge in [0.15, 0.2) is 0 Å². The van der Waals surface area contributed by atoms with Gasteiger partial charge in [0.05, 0.1) is 0 Å². The SMILES string of the molecule is C=C(C)c1ccc(CC[Si])c2ccccc12. The first-order valence-corrected chi connectivity index (χ1v) is 6.26. The standard InChI is InChI=1S/C15H15Si/c1-11(2)13-8-7-12(9-10-16)14-5-3-4-6-15(13)14/h3-8H,1,9-10H2,2H3. The van der Waals surface area contributed by atoms with Gasteiger partial charge in [0.2, 0.25) is 0 Å². The minimum atomic E-state index is 0.996. The summed E-state index contributed by atoms with van der Waals surface area (Å²) in [5.41, 5.74) is 3.78. The molecule has 0 nitrogen and oxygen atoms in total. The van der Waals surface area contributed by atoms with Gasteiger partial charge in [-0.3, -0.25) is 0 Å². The zero-order valence-electron chi connectivity index (χ0n) is 9.59. The van der Waals surface area contributed by atoms with E-state index in [9.17, 15) is 0 Å². The van der Waals surface area contributed by atoms with Crippen LogP contribution in [0.5, 0.6) is 0 Å². The van der Waals surface area contributed by atoms with E-state index in [1.54, 1.807) is 0 Å². The van der Waals surface area contributed by atoms with Gasteiger partial charge in [-0.25, -0.2) is 0 Å². The first kappa shape index (κ1) is 11.2. The van der Waals surface area contributed by atoms with E-state index in [1.807, 2.05) is 0 Å². The molecule has 0 unspecified atom stereocenters. The molecule has 0 fully saturated rings. The number of fused-ring (bicyclic) bond motifs is 1. The maximum atomic E-state index is 4.04. The zero-order chi connectivity index (χ0) is 11.5. The molecule has 0 spiro atoms. The van der Waals surface area contributed by atoms with Crippen molar-refractivity contribution in [3.8, 4) is 0 Å². The molecule has 0 saturated carbocycles. The highest BCUT2D eigenvalue weighted by atomic mass is 28.1. The number of benzene rings is 2. The van der Waals surface area contributed by atoms with Gasteiger partial charge in [-0.15, -0.1) is 0 Å². The first-order valence-electron chi connectivity index (χ1n) is 5.55. The van der Waals surface area contributed by atoms with E-state index in [1.165, 1.54) is 21.9 Å². The lowest BCUT2D eigenvalue weighted by atomic mass is 9.95. The molecule has 79 valence electrons. The predicted octanol–water partition coefficient (Wildman–Crippen LogP) is 4.00. The van der Waals surface area contributed by atoms with E-state index in [0.717, 1.165) is 18.0 Å². The van der Waals surface area contributed by atoms with E-state index in [2.05, 4.69) is 60.1 Å². The molecule has 0 N–H and O–H groups in total. The van der Waals surface area contributed by atoms with E-state index in [-0.39, 0.29) is 0 Å². The summed E-state index contributed by atoms with van der Waals surface area (Å²) < 4.78 is 0. The highest BCUT2D eigenvalue weighted by Gasteiger charge is 2.05. The molecule has 2 rings (SSSR count). The Labute approximate surface area is 100 Å². The van der Waals surface area contributed by atoms with Crippen molar-refractivity contribution in [1.82, 2.24) is 0 Å². The molecule has 2 aromatic carbocycles. The Balaban J connectivity index is 2.71. The Morgan fingerprint density at radius 2 is 1.81 bits per heavy atom. The zero-order valence-corrected chi connectivity index (χ0v) is 10.6. The number of rotatable bonds is 3. The molecule has 0 heterocycles. The van der Waals surface area contributed by atoms with Crippen molar-refractivity contribution in [2.75, 3.05) is 0 Å². The van der Waals surface area contributed by atoms with E-state index >= 15 is 0 Å². The normalized spacial score (nSPS) is 10.6. The fraction of sp³-hybridized carbons (Fsp3) is 0.200. The van der Waals surface area contributed by atoms with Crippen molar-refractivity contribution >= 4 is 26.6 Å². The van der Waals surface area contributed by atoms with Crippen LogP contribution in [0.1, 0.15) is 18.1 Å². The average molecular weight is 223 g/mol. The monoisotopic (exact) mass is 223 g/mol. The minimum Gasteiger partial charge on any atom is -0.0955 e. The van der Waals surface area contributed by atoms with Crippen LogP contribution >= 0.6 is 0 Å². The lowest BCUT2D eigenvalue weighted by Crippen LogP contribution is -1.90. The molecule has 0 aliphatic carbocycles. The molecule has 0 bridgehead atoms. The second-order valence-electron chi connectivity index (χ2n) is 4.10. The number of aryl methyl sites for hydroxylation is 1. The van der Waals surface area contributed by atoms with E-state index in [4.69, 9.17) is 0 Å². The van der Waals surface area contributed by atoms with Crippen molar-refractivity contribution in [2.45, 2.75) is 19.4 Å². The number of hydrogen-bond acceptors (Lipinski definition) is 0. The van der Waals surface area contributed by atoms with Crippen LogP contribution in [0.3, 0.4) is 0 Å².